The van der Waals surface area contributed by atoms with E-state index in [-0.39, 0.29) is 13.2 Å². The minimum absolute atomic E-state index is 0.142. The van der Waals surface area contributed by atoms with Gasteiger partial charge >= 0.3 is 11.9 Å². The third kappa shape index (κ3) is 5.34. The molecule has 4 atom stereocenters. The molecule has 0 spiro atoms. The van der Waals surface area contributed by atoms with Crippen LogP contribution >= 0.6 is 46.4 Å². The van der Waals surface area contributed by atoms with Gasteiger partial charge in [0.1, 0.15) is 0 Å². The van der Waals surface area contributed by atoms with Gasteiger partial charge in [0.15, 0.2) is 11.2 Å². The normalized spacial score (nSPS) is 28.1. The van der Waals surface area contributed by atoms with E-state index >= 15 is 0 Å². The van der Waals surface area contributed by atoms with Crippen molar-refractivity contribution in [2.75, 3.05) is 13.2 Å². The number of esters is 2. The molecule has 220 valence electrons. The van der Waals surface area contributed by atoms with Crippen molar-refractivity contribution < 1.29 is 23.8 Å². The largest absolute Gasteiger partial charge is 0.464 e. The van der Waals surface area contributed by atoms with Crippen LogP contribution in [-0.2, 0) is 23.8 Å². The van der Waals surface area contributed by atoms with E-state index in [1.807, 2.05) is 27.7 Å². The second kappa shape index (κ2) is 11.6. The first-order valence-electron chi connectivity index (χ1n) is 13.5. The number of halogens is 4. The van der Waals surface area contributed by atoms with E-state index < -0.39 is 45.8 Å². The van der Waals surface area contributed by atoms with Gasteiger partial charge < -0.3 is 14.2 Å². The fraction of sp³-hybridized carbons (Fsp3) is 0.438. The zero-order valence-electron chi connectivity index (χ0n) is 23.9. The van der Waals surface area contributed by atoms with E-state index in [0.29, 0.717) is 20.1 Å². The van der Waals surface area contributed by atoms with Gasteiger partial charge in [0.2, 0.25) is 0 Å². The first-order valence-corrected chi connectivity index (χ1v) is 15.0. The Hall–Kier alpha value is -2.02. The van der Waals surface area contributed by atoms with Gasteiger partial charge in [-0.1, -0.05) is 111 Å². The SMILES string of the molecule is CCOC(=O)C1(OC2(C(=O)OCC)C(C=C(Cl)c3ccc(Cl)cc3)C2(C)C)C(C=C(Cl)c2ccc(Cl)cc2)C1(C)C. The quantitative estimate of drug-likeness (QED) is 0.243. The average Bonchev–Trinajstić information content (AvgIpc) is 3.60. The highest BCUT2D eigenvalue weighted by molar-refractivity contribution is 6.49. The van der Waals surface area contributed by atoms with Crippen LogP contribution in [0, 0.1) is 22.7 Å². The van der Waals surface area contributed by atoms with E-state index in [1.165, 1.54) is 0 Å². The first kappa shape index (κ1) is 31.9. The van der Waals surface area contributed by atoms with Crippen molar-refractivity contribution in [3.8, 4) is 0 Å². The molecule has 0 aliphatic heterocycles. The summed E-state index contributed by atoms with van der Waals surface area (Å²) in [5.74, 6) is -2.14. The zero-order chi connectivity index (χ0) is 30.4. The van der Waals surface area contributed by atoms with Crippen LogP contribution in [0.15, 0.2) is 60.7 Å². The van der Waals surface area contributed by atoms with Crippen molar-refractivity contribution in [3.05, 3.63) is 81.9 Å². The molecule has 2 aromatic carbocycles. The van der Waals surface area contributed by atoms with Gasteiger partial charge in [0, 0.05) is 42.8 Å². The molecule has 4 rings (SSSR count). The molecule has 41 heavy (non-hydrogen) atoms. The lowest BCUT2D eigenvalue weighted by Crippen LogP contribution is -2.45. The summed E-state index contributed by atoms with van der Waals surface area (Å²) in [6, 6.07) is 14.2. The predicted molar refractivity (Wildman–Crippen MR) is 165 cm³/mol. The zero-order valence-corrected chi connectivity index (χ0v) is 26.9. The minimum Gasteiger partial charge on any atom is -0.464 e. The second-order valence-electron chi connectivity index (χ2n) is 11.5. The van der Waals surface area contributed by atoms with E-state index in [4.69, 9.17) is 60.6 Å². The summed E-state index contributed by atoms with van der Waals surface area (Å²) >= 11 is 25.6. The Morgan fingerprint density at radius 3 is 1.29 bits per heavy atom. The number of benzene rings is 2. The lowest BCUT2D eigenvalue weighted by Gasteiger charge is -2.28. The highest BCUT2D eigenvalue weighted by Gasteiger charge is 2.86. The molecule has 2 aromatic rings. The molecule has 0 radical (unpaired) electrons. The Morgan fingerprint density at radius 1 is 0.683 bits per heavy atom. The molecule has 2 saturated carbocycles. The molecule has 0 saturated heterocycles. The second-order valence-corrected chi connectivity index (χ2v) is 13.1. The van der Waals surface area contributed by atoms with Crippen LogP contribution in [0.3, 0.4) is 0 Å². The number of hydrogen-bond donors (Lipinski definition) is 0. The van der Waals surface area contributed by atoms with Gasteiger partial charge in [-0.3, -0.25) is 0 Å². The molecule has 5 nitrogen and oxygen atoms in total. The van der Waals surface area contributed by atoms with Crippen molar-refractivity contribution in [2.45, 2.75) is 52.7 Å². The molecule has 0 bridgehead atoms. The number of carbonyl (C=O) groups is 2. The van der Waals surface area contributed by atoms with E-state index in [9.17, 15) is 9.59 Å². The van der Waals surface area contributed by atoms with E-state index in [1.54, 1.807) is 74.5 Å². The molecule has 2 aliphatic rings. The average molecular weight is 640 g/mol. The summed E-state index contributed by atoms with van der Waals surface area (Å²) < 4.78 is 18.0. The van der Waals surface area contributed by atoms with Gasteiger partial charge in [-0.25, -0.2) is 9.59 Å². The maximum Gasteiger partial charge on any atom is 0.339 e. The minimum atomic E-state index is -1.51. The molecule has 0 N–H and O–H groups in total. The van der Waals surface area contributed by atoms with Crippen molar-refractivity contribution >= 4 is 68.4 Å². The molecular weight excluding hydrogens is 606 g/mol. The Kier molecular flexibility index (Phi) is 9.01. The lowest BCUT2D eigenvalue weighted by atomic mass is 10.0. The van der Waals surface area contributed by atoms with Gasteiger partial charge in [-0.15, -0.1) is 0 Å². The molecule has 2 aliphatic carbocycles. The maximum atomic E-state index is 13.8. The first-order chi connectivity index (χ1) is 19.2. The van der Waals surface area contributed by atoms with Crippen LogP contribution in [0.1, 0.15) is 52.7 Å². The van der Waals surface area contributed by atoms with Crippen LogP contribution in [0.2, 0.25) is 10.0 Å². The molecule has 0 aromatic heterocycles. The third-order valence-electron chi connectivity index (χ3n) is 8.52. The Balaban J connectivity index is 1.79. The summed E-state index contributed by atoms with van der Waals surface area (Å²) in [5.41, 5.74) is -3.07. The number of rotatable bonds is 10. The lowest BCUT2D eigenvalue weighted by molar-refractivity contribution is -0.188. The smallest absolute Gasteiger partial charge is 0.339 e. The van der Waals surface area contributed by atoms with Crippen LogP contribution in [0.25, 0.3) is 10.1 Å². The summed E-state index contributed by atoms with van der Waals surface area (Å²) in [6.07, 6.45) is 3.59. The van der Waals surface area contributed by atoms with Gasteiger partial charge in [-0.2, -0.15) is 0 Å². The molecule has 0 amide bonds. The molecule has 0 heterocycles. The summed E-state index contributed by atoms with van der Waals surface area (Å²) in [4.78, 5) is 27.5. The van der Waals surface area contributed by atoms with Crippen molar-refractivity contribution in [1.82, 2.24) is 0 Å². The number of carbonyl (C=O) groups excluding carboxylic acids is 2. The van der Waals surface area contributed by atoms with Crippen molar-refractivity contribution in [1.29, 1.82) is 0 Å². The summed E-state index contributed by atoms with van der Waals surface area (Å²) in [6.45, 7) is 11.3. The van der Waals surface area contributed by atoms with Crippen LogP contribution in [0.5, 0.6) is 0 Å². The van der Waals surface area contributed by atoms with E-state index in [0.717, 1.165) is 11.1 Å². The van der Waals surface area contributed by atoms with Crippen molar-refractivity contribution in [2.24, 2.45) is 22.7 Å². The van der Waals surface area contributed by atoms with Gasteiger partial charge in [0.25, 0.3) is 0 Å². The van der Waals surface area contributed by atoms with E-state index in [2.05, 4.69) is 0 Å². The molecule has 9 heteroatoms. The fourth-order valence-electron chi connectivity index (χ4n) is 5.86. The Morgan fingerprint density at radius 2 is 1.00 bits per heavy atom. The Labute approximate surface area is 261 Å². The predicted octanol–water partition coefficient (Wildman–Crippen LogP) is 8.79. The van der Waals surface area contributed by atoms with Gasteiger partial charge in [0.05, 0.1) is 13.2 Å². The van der Waals surface area contributed by atoms with Crippen molar-refractivity contribution in [3.63, 3.8) is 0 Å². The molecular formula is C32H34Cl4O5. The Bertz CT molecular complexity index is 1270. The van der Waals surface area contributed by atoms with Crippen LogP contribution in [0.4, 0.5) is 0 Å². The summed E-state index contributed by atoms with van der Waals surface area (Å²) in [5, 5.41) is 2.02. The highest BCUT2D eigenvalue weighted by Crippen LogP contribution is 2.74. The van der Waals surface area contributed by atoms with Gasteiger partial charge in [-0.05, 0) is 49.2 Å². The third-order valence-corrected chi connectivity index (χ3v) is 9.72. The molecule has 4 unspecified atom stereocenters. The molecule has 2 fully saturated rings. The monoisotopic (exact) mass is 638 g/mol. The highest BCUT2D eigenvalue weighted by atomic mass is 35.5. The summed E-state index contributed by atoms with van der Waals surface area (Å²) in [7, 11) is 0. The maximum absolute atomic E-state index is 13.8. The van der Waals surface area contributed by atoms with Crippen LogP contribution in [-0.4, -0.2) is 36.4 Å². The standard InChI is InChI=1S/C32H34Cl4O5/c1-7-39-27(37)31(25(29(31,3)4)17-23(35)19-9-13-21(33)14-10-19)41-32(28(38)40-8-2)26(30(32,5)6)18-24(36)20-11-15-22(34)16-12-20/h9-18,25-26H,7-8H2,1-6H3. The topological polar surface area (TPSA) is 61.8 Å². The number of hydrogen-bond acceptors (Lipinski definition) is 5. The van der Waals surface area contributed by atoms with Crippen LogP contribution < -0.4 is 0 Å². The fourth-order valence-corrected chi connectivity index (χ4v) is 6.62. The number of ether oxygens (including phenoxy) is 3.